The van der Waals surface area contributed by atoms with Crippen LogP contribution in [-0.2, 0) is 11.3 Å². The maximum Gasteiger partial charge on any atom is 0.328 e. The van der Waals surface area contributed by atoms with Crippen molar-refractivity contribution in [2.24, 2.45) is 11.7 Å². The Bertz CT molecular complexity index is 834. The normalized spacial score (nSPS) is 19.5. The van der Waals surface area contributed by atoms with E-state index in [1.165, 1.54) is 22.4 Å². The van der Waals surface area contributed by atoms with Gasteiger partial charge in [-0.3, -0.25) is 19.1 Å². The van der Waals surface area contributed by atoms with Gasteiger partial charge in [-0.25, -0.2) is 4.79 Å². The number of hydrogen-bond acceptors (Lipinski definition) is 4. The van der Waals surface area contributed by atoms with Crippen molar-refractivity contribution < 1.29 is 4.79 Å². The number of nitrogens with two attached hydrogens (primary N) is 1. The van der Waals surface area contributed by atoms with Gasteiger partial charge in [0.25, 0.3) is 5.56 Å². The Labute approximate surface area is 150 Å². The summed E-state index contributed by atoms with van der Waals surface area (Å²) in [5, 5.41) is 0. The lowest BCUT2D eigenvalue weighted by atomic mass is 9.89. The van der Waals surface area contributed by atoms with E-state index in [2.05, 4.69) is 4.98 Å². The average molecular weight is 365 g/mol. The molecule has 3 N–H and O–H groups in total. The molecule has 0 unspecified atom stereocenters. The van der Waals surface area contributed by atoms with Crippen LogP contribution in [0.15, 0.2) is 52.2 Å². The van der Waals surface area contributed by atoms with Crippen molar-refractivity contribution >= 4 is 18.3 Å². The molecule has 3 rings (SSSR count). The van der Waals surface area contributed by atoms with Crippen LogP contribution in [0.1, 0.15) is 11.5 Å². The first-order chi connectivity index (χ1) is 11.6. The van der Waals surface area contributed by atoms with Crippen LogP contribution in [0.3, 0.4) is 0 Å². The van der Waals surface area contributed by atoms with Gasteiger partial charge >= 0.3 is 5.69 Å². The summed E-state index contributed by atoms with van der Waals surface area (Å²) in [6.45, 7) is 1.58. The van der Waals surface area contributed by atoms with Gasteiger partial charge in [-0.05, 0) is 18.0 Å². The SMILES string of the molecule is Cl.NC[C@@H]1CN(C(=O)Cn2ccc(=O)[nH]c2=O)C[C@H]1c1ccccc1. The number of halogens is 1. The highest BCUT2D eigenvalue weighted by molar-refractivity contribution is 5.85. The Balaban J connectivity index is 0.00000225. The molecule has 0 saturated carbocycles. The highest BCUT2D eigenvalue weighted by Gasteiger charge is 2.35. The third-order valence-corrected chi connectivity index (χ3v) is 4.53. The van der Waals surface area contributed by atoms with Gasteiger partial charge in [-0.2, -0.15) is 0 Å². The summed E-state index contributed by atoms with van der Waals surface area (Å²) in [6.07, 6.45) is 1.34. The van der Waals surface area contributed by atoms with E-state index in [0.29, 0.717) is 19.6 Å². The predicted molar refractivity (Wildman–Crippen MR) is 96.9 cm³/mol. The van der Waals surface area contributed by atoms with Crippen LogP contribution in [0.4, 0.5) is 0 Å². The van der Waals surface area contributed by atoms with Gasteiger partial charge in [0.2, 0.25) is 5.91 Å². The van der Waals surface area contributed by atoms with Crippen molar-refractivity contribution in [3.8, 4) is 0 Å². The summed E-state index contributed by atoms with van der Waals surface area (Å²) >= 11 is 0. The second kappa shape index (κ2) is 8.13. The van der Waals surface area contributed by atoms with Crippen LogP contribution in [-0.4, -0.2) is 40.0 Å². The topological polar surface area (TPSA) is 101 Å². The Morgan fingerprint density at radius 1 is 1.16 bits per heavy atom. The van der Waals surface area contributed by atoms with E-state index in [4.69, 9.17) is 5.73 Å². The second-order valence-corrected chi connectivity index (χ2v) is 6.05. The number of aromatic nitrogens is 2. The maximum absolute atomic E-state index is 12.5. The fraction of sp³-hybridized carbons (Fsp3) is 0.353. The van der Waals surface area contributed by atoms with E-state index >= 15 is 0 Å². The predicted octanol–water partition coefficient (Wildman–Crippen LogP) is 0.159. The summed E-state index contributed by atoms with van der Waals surface area (Å²) < 4.78 is 1.21. The molecule has 134 valence electrons. The molecule has 2 atom stereocenters. The summed E-state index contributed by atoms with van der Waals surface area (Å²) in [5.74, 6) is 0.247. The first kappa shape index (κ1) is 19.0. The Hall–Kier alpha value is -2.38. The van der Waals surface area contributed by atoms with Gasteiger partial charge in [-0.15, -0.1) is 12.4 Å². The van der Waals surface area contributed by atoms with Crippen LogP contribution >= 0.6 is 12.4 Å². The molecule has 1 aromatic carbocycles. The van der Waals surface area contributed by atoms with Crippen molar-refractivity contribution in [1.82, 2.24) is 14.5 Å². The van der Waals surface area contributed by atoms with E-state index in [1.54, 1.807) is 4.90 Å². The number of nitrogens with zero attached hydrogens (tertiary/aromatic N) is 2. The molecule has 1 aromatic heterocycles. The van der Waals surface area contributed by atoms with Crippen LogP contribution in [0.2, 0.25) is 0 Å². The molecule has 1 amide bonds. The first-order valence-electron chi connectivity index (χ1n) is 7.91. The molecule has 1 aliphatic rings. The molecule has 8 heteroatoms. The Kier molecular flexibility index (Phi) is 6.17. The molecular formula is C17H21ClN4O3. The van der Waals surface area contributed by atoms with Crippen molar-refractivity contribution in [3.05, 3.63) is 69.0 Å². The monoisotopic (exact) mass is 364 g/mol. The lowest BCUT2D eigenvalue weighted by molar-refractivity contribution is -0.131. The quantitative estimate of drug-likeness (QED) is 0.806. The third-order valence-electron chi connectivity index (χ3n) is 4.53. The Morgan fingerprint density at radius 2 is 1.88 bits per heavy atom. The van der Waals surface area contributed by atoms with Crippen LogP contribution < -0.4 is 17.0 Å². The molecule has 1 saturated heterocycles. The molecule has 25 heavy (non-hydrogen) atoms. The second-order valence-electron chi connectivity index (χ2n) is 6.05. The number of carbonyl (C=O) groups is 1. The number of nitrogens with one attached hydrogen (secondary N) is 1. The van der Waals surface area contributed by atoms with Gasteiger partial charge in [0.1, 0.15) is 6.54 Å². The highest BCUT2D eigenvalue weighted by atomic mass is 35.5. The van der Waals surface area contributed by atoms with E-state index in [9.17, 15) is 14.4 Å². The fourth-order valence-electron chi connectivity index (χ4n) is 3.21. The zero-order chi connectivity index (χ0) is 17.1. The van der Waals surface area contributed by atoms with Gasteiger partial charge in [0.05, 0.1) is 0 Å². The van der Waals surface area contributed by atoms with Gasteiger partial charge in [0.15, 0.2) is 0 Å². The van der Waals surface area contributed by atoms with Gasteiger partial charge in [-0.1, -0.05) is 30.3 Å². The minimum atomic E-state index is -0.579. The minimum Gasteiger partial charge on any atom is -0.340 e. The maximum atomic E-state index is 12.5. The number of aromatic amines is 1. The van der Waals surface area contributed by atoms with Crippen molar-refractivity contribution in [2.45, 2.75) is 12.5 Å². The molecule has 0 aliphatic carbocycles. The lowest BCUT2D eigenvalue weighted by Crippen LogP contribution is -2.37. The van der Waals surface area contributed by atoms with Gasteiger partial charge < -0.3 is 10.6 Å². The number of rotatable bonds is 4. The van der Waals surface area contributed by atoms with E-state index in [0.717, 1.165) is 0 Å². The molecule has 2 aromatic rings. The molecule has 7 nitrogen and oxygen atoms in total. The molecule has 0 radical (unpaired) electrons. The van der Waals surface area contributed by atoms with E-state index in [1.807, 2.05) is 30.3 Å². The Morgan fingerprint density at radius 3 is 2.52 bits per heavy atom. The molecule has 0 bridgehead atoms. The number of hydrogen-bond donors (Lipinski definition) is 2. The molecule has 2 heterocycles. The minimum absolute atomic E-state index is 0. The lowest BCUT2D eigenvalue weighted by Gasteiger charge is -2.17. The van der Waals surface area contributed by atoms with Crippen molar-refractivity contribution in [2.75, 3.05) is 19.6 Å². The van der Waals surface area contributed by atoms with E-state index in [-0.39, 0.29) is 36.7 Å². The zero-order valence-electron chi connectivity index (χ0n) is 13.6. The summed E-state index contributed by atoms with van der Waals surface area (Å²) in [5.41, 5.74) is 6.00. The average Bonchev–Trinajstić information content (AvgIpc) is 3.02. The number of amides is 1. The molecule has 0 spiro atoms. The molecule has 1 aliphatic heterocycles. The third kappa shape index (κ3) is 4.18. The standard InChI is InChI=1S/C17H20N4O3.ClH/c18-8-13-9-21(10-14(13)12-4-2-1-3-5-12)16(23)11-20-7-6-15(22)19-17(20)24;/h1-7,13-14H,8-11,18H2,(H,19,22,24);1H/t13-,14+;/m1./s1. The number of likely N-dealkylation sites (tertiary alicyclic amines) is 1. The highest BCUT2D eigenvalue weighted by Crippen LogP contribution is 2.32. The van der Waals surface area contributed by atoms with Crippen molar-refractivity contribution in [3.63, 3.8) is 0 Å². The molecular weight excluding hydrogens is 344 g/mol. The van der Waals surface area contributed by atoms with Crippen LogP contribution in [0, 0.1) is 5.92 Å². The number of H-pyrrole nitrogens is 1. The zero-order valence-corrected chi connectivity index (χ0v) is 14.4. The summed E-state index contributed by atoms with van der Waals surface area (Å²) in [6, 6.07) is 11.2. The summed E-state index contributed by atoms with van der Waals surface area (Å²) in [4.78, 5) is 39.2. The number of benzene rings is 1. The van der Waals surface area contributed by atoms with Crippen molar-refractivity contribution in [1.29, 1.82) is 0 Å². The van der Waals surface area contributed by atoms with Gasteiger partial charge in [0, 0.05) is 31.3 Å². The molecule has 1 fully saturated rings. The summed E-state index contributed by atoms with van der Waals surface area (Å²) in [7, 11) is 0. The smallest absolute Gasteiger partial charge is 0.328 e. The van der Waals surface area contributed by atoms with E-state index < -0.39 is 11.2 Å². The van der Waals surface area contributed by atoms with Crippen LogP contribution in [0.5, 0.6) is 0 Å². The largest absolute Gasteiger partial charge is 0.340 e. The first-order valence-corrected chi connectivity index (χ1v) is 7.91. The number of carbonyl (C=O) groups excluding carboxylic acids is 1. The van der Waals surface area contributed by atoms with Crippen LogP contribution in [0.25, 0.3) is 0 Å². The fourth-order valence-corrected chi connectivity index (χ4v) is 3.21.